The number of aliphatic hydroxyl groups excluding tert-OH is 1. The molecule has 0 bridgehead atoms. The number of benzene rings is 2. The van der Waals surface area contributed by atoms with Gasteiger partial charge in [-0.15, -0.1) is 0 Å². The Morgan fingerprint density at radius 3 is 2.74 bits per heavy atom. The number of amides is 1. The van der Waals surface area contributed by atoms with Crippen molar-refractivity contribution in [3.63, 3.8) is 0 Å². The predicted molar refractivity (Wildman–Crippen MR) is 87.6 cm³/mol. The van der Waals surface area contributed by atoms with E-state index in [4.69, 9.17) is 5.11 Å². The minimum Gasteiger partial charge on any atom is -0.392 e. The molecule has 3 aromatic rings. The fourth-order valence-electron chi connectivity index (χ4n) is 2.42. The molecule has 2 aromatic carbocycles. The van der Waals surface area contributed by atoms with Gasteiger partial charge in [0.15, 0.2) is 0 Å². The maximum Gasteiger partial charge on any atom is 0.252 e. The second kappa shape index (κ2) is 6.89. The average molecular weight is 307 g/mol. The van der Waals surface area contributed by atoms with Crippen LogP contribution in [0.1, 0.15) is 21.5 Å². The molecule has 23 heavy (non-hydrogen) atoms. The highest BCUT2D eigenvalue weighted by Gasteiger charge is 2.13. The molecule has 1 amide bonds. The summed E-state index contributed by atoms with van der Waals surface area (Å²) in [5, 5.41) is 12.1. The molecule has 116 valence electrons. The number of H-pyrrole nitrogens is 1. The number of hydrogen-bond donors (Lipinski definition) is 3. The van der Waals surface area contributed by atoms with Crippen molar-refractivity contribution in [2.24, 2.45) is 0 Å². The Hall–Kier alpha value is -2.92. The van der Waals surface area contributed by atoms with Crippen LogP contribution in [0.5, 0.6) is 0 Å². The largest absolute Gasteiger partial charge is 0.392 e. The Morgan fingerprint density at radius 1 is 1.13 bits per heavy atom. The fraction of sp³-hybridized carbons (Fsp3) is 0.111. The molecule has 5 nitrogen and oxygen atoms in total. The molecule has 0 atom stereocenters. The number of aliphatic hydroxyl groups is 1. The Bertz CT molecular complexity index is 798. The van der Waals surface area contributed by atoms with Gasteiger partial charge in [-0.2, -0.15) is 0 Å². The average Bonchev–Trinajstić information content (AvgIpc) is 3.14. The molecule has 3 rings (SSSR count). The lowest BCUT2D eigenvalue weighted by Crippen LogP contribution is -2.23. The van der Waals surface area contributed by atoms with Crippen molar-refractivity contribution in [3.8, 4) is 11.4 Å². The summed E-state index contributed by atoms with van der Waals surface area (Å²) < 4.78 is 0. The molecule has 1 heterocycles. The van der Waals surface area contributed by atoms with Crippen LogP contribution < -0.4 is 5.32 Å². The Kier molecular flexibility index (Phi) is 4.49. The molecule has 3 N–H and O–H groups in total. The third kappa shape index (κ3) is 3.46. The Morgan fingerprint density at radius 2 is 1.96 bits per heavy atom. The van der Waals surface area contributed by atoms with Gasteiger partial charge in [-0.1, -0.05) is 42.5 Å². The molecular weight excluding hydrogens is 290 g/mol. The highest BCUT2D eigenvalue weighted by atomic mass is 16.3. The van der Waals surface area contributed by atoms with Gasteiger partial charge in [-0.3, -0.25) is 4.79 Å². The van der Waals surface area contributed by atoms with Gasteiger partial charge in [-0.05, 0) is 17.2 Å². The van der Waals surface area contributed by atoms with Crippen LogP contribution in [0.4, 0.5) is 0 Å². The third-order valence-electron chi connectivity index (χ3n) is 3.55. The van der Waals surface area contributed by atoms with Crippen LogP contribution in [0.25, 0.3) is 11.4 Å². The number of rotatable bonds is 5. The van der Waals surface area contributed by atoms with E-state index in [1.165, 1.54) is 0 Å². The normalized spacial score (nSPS) is 10.5. The molecule has 5 heteroatoms. The first-order valence-corrected chi connectivity index (χ1v) is 7.33. The van der Waals surface area contributed by atoms with Gasteiger partial charge in [0.2, 0.25) is 0 Å². The zero-order chi connectivity index (χ0) is 16.1. The summed E-state index contributed by atoms with van der Waals surface area (Å²) in [5.41, 5.74) is 3.10. The van der Waals surface area contributed by atoms with Gasteiger partial charge in [0.05, 0.1) is 12.2 Å². The Labute approximate surface area is 134 Å². The monoisotopic (exact) mass is 307 g/mol. The molecule has 0 aliphatic rings. The highest BCUT2D eigenvalue weighted by molar-refractivity contribution is 6.00. The summed E-state index contributed by atoms with van der Waals surface area (Å²) in [7, 11) is 0. The van der Waals surface area contributed by atoms with E-state index in [2.05, 4.69) is 15.3 Å². The first-order chi connectivity index (χ1) is 11.3. The number of aromatic nitrogens is 2. The van der Waals surface area contributed by atoms with Crippen LogP contribution in [0, 0.1) is 0 Å². The third-order valence-corrected chi connectivity index (χ3v) is 3.55. The fourth-order valence-corrected chi connectivity index (χ4v) is 2.42. The van der Waals surface area contributed by atoms with Crippen molar-refractivity contribution in [2.75, 3.05) is 0 Å². The first kappa shape index (κ1) is 15.0. The highest BCUT2D eigenvalue weighted by Crippen LogP contribution is 2.19. The molecule has 0 radical (unpaired) electrons. The van der Waals surface area contributed by atoms with Gasteiger partial charge < -0.3 is 15.4 Å². The second-order valence-corrected chi connectivity index (χ2v) is 5.14. The Balaban J connectivity index is 1.76. The summed E-state index contributed by atoms with van der Waals surface area (Å²) in [5.74, 6) is 0.504. The van der Waals surface area contributed by atoms with Crippen LogP contribution in [0.3, 0.4) is 0 Å². The molecule has 0 aliphatic carbocycles. The number of aromatic amines is 1. The zero-order valence-corrected chi connectivity index (χ0v) is 12.5. The number of carbonyl (C=O) groups is 1. The van der Waals surface area contributed by atoms with Crippen LogP contribution in [-0.2, 0) is 13.2 Å². The van der Waals surface area contributed by atoms with Crippen LogP contribution in [0.2, 0.25) is 0 Å². The van der Waals surface area contributed by atoms with Crippen molar-refractivity contribution in [2.45, 2.75) is 13.2 Å². The molecule has 1 aromatic heterocycles. The van der Waals surface area contributed by atoms with E-state index in [9.17, 15) is 4.79 Å². The summed E-state index contributed by atoms with van der Waals surface area (Å²) >= 11 is 0. The molecule has 0 fully saturated rings. The van der Waals surface area contributed by atoms with Gasteiger partial charge in [0.25, 0.3) is 5.91 Å². The number of carbonyl (C=O) groups excluding carboxylic acids is 1. The summed E-state index contributed by atoms with van der Waals surface area (Å²) in [6.45, 7) is 0.391. The molecule has 0 spiro atoms. The first-order valence-electron chi connectivity index (χ1n) is 7.33. The van der Waals surface area contributed by atoms with E-state index in [1.54, 1.807) is 18.5 Å². The molecule has 0 saturated carbocycles. The van der Waals surface area contributed by atoms with Crippen molar-refractivity contribution in [3.05, 3.63) is 77.6 Å². The SMILES string of the molecule is O=C(NCc1cccc(CO)c1)c1ccccc1-c1ncc[nH]1. The van der Waals surface area contributed by atoms with Gasteiger partial charge in [-0.25, -0.2) is 4.98 Å². The van der Waals surface area contributed by atoms with E-state index >= 15 is 0 Å². The maximum atomic E-state index is 12.5. The number of nitrogens with one attached hydrogen (secondary N) is 2. The number of imidazole rings is 1. The second-order valence-electron chi connectivity index (χ2n) is 5.14. The lowest BCUT2D eigenvalue weighted by atomic mass is 10.1. The van der Waals surface area contributed by atoms with Crippen LogP contribution >= 0.6 is 0 Å². The topological polar surface area (TPSA) is 78.0 Å². The van der Waals surface area contributed by atoms with Crippen LogP contribution in [0.15, 0.2) is 60.9 Å². The molecule has 0 unspecified atom stereocenters. The molecule has 0 aliphatic heterocycles. The lowest BCUT2D eigenvalue weighted by Gasteiger charge is -2.09. The van der Waals surface area contributed by atoms with Crippen molar-refractivity contribution in [1.82, 2.24) is 15.3 Å². The van der Waals surface area contributed by atoms with Crippen molar-refractivity contribution < 1.29 is 9.90 Å². The molecule has 0 saturated heterocycles. The number of hydrogen-bond acceptors (Lipinski definition) is 3. The summed E-state index contributed by atoms with van der Waals surface area (Å²) in [6.07, 6.45) is 3.38. The van der Waals surface area contributed by atoms with Crippen molar-refractivity contribution in [1.29, 1.82) is 0 Å². The minimum absolute atomic E-state index is 0.0108. The smallest absolute Gasteiger partial charge is 0.252 e. The van der Waals surface area contributed by atoms with E-state index in [-0.39, 0.29) is 12.5 Å². The quantitative estimate of drug-likeness (QED) is 0.677. The lowest BCUT2D eigenvalue weighted by molar-refractivity contribution is 0.0951. The zero-order valence-electron chi connectivity index (χ0n) is 12.5. The standard InChI is InChI=1S/C18H17N3O2/c22-12-14-5-3-4-13(10-14)11-21-18(23)16-7-2-1-6-15(16)17-19-8-9-20-17/h1-10,22H,11-12H2,(H,19,20)(H,21,23). The maximum absolute atomic E-state index is 12.5. The summed E-state index contributed by atoms with van der Waals surface area (Å²) in [6, 6.07) is 14.8. The van der Waals surface area contributed by atoms with Gasteiger partial charge >= 0.3 is 0 Å². The van der Waals surface area contributed by atoms with Gasteiger partial charge in [0, 0.05) is 24.5 Å². The van der Waals surface area contributed by atoms with E-state index in [1.807, 2.05) is 42.5 Å². The summed E-state index contributed by atoms with van der Waals surface area (Å²) in [4.78, 5) is 19.7. The van der Waals surface area contributed by atoms with E-state index in [0.717, 1.165) is 16.7 Å². The van der Waals surface area contributed by atoms with Crippen LogP contribution in [-0.4, -0.2) is 21.0 Å². The minimum atomic E-state index is -0.161. The van der Waals surface area contributed by atoms with E-state index < -0.39 is 0 Å². The predicted octanol–water partition coefficient (Wildman–Crippen LogP) is 2.50. The van der Waals surface area contributed by atoms with Gasteiger partial charge in [0.1, 0.15) is 5.82 Å². The van der Waals surface area contributed by atoms with Crippen molar-refractivity contribution >= 4 is 5.91 Å². The van der Waals surface area contributed by atoms with E-state index in [0.29, 0.717) is 17.9 Å². The number of nitrogens with zero attached hydrogens (tertiary/aromatic N) is 1. The molecular formula is C18H17N3O2.